The highest BCUT2D eigenvalue weighted by Gasteiger charge is 2.41. The zero-order chi connectivity index (χ0) is 16.1. The van der Waals surface area contributed by atoms with Gasteiger partial charge in [0, 0.05) is 0 Å². The molecular weight excluding hydrogens is 276 g/mol. The number of aliphatic hydroxyl groups excluding tert-OH is 3. The van der Waals surface area contributed by atoms with Gasteiger partial charge < -0.3 is 15.3 Å². The van der Waals surface area contributed by atoms with Crippen LogP contribution < -0.4 is 0 Å². The Morgan fingerprint density at radius 1 is 1.09 bits per heavy atom. The van der Waals surface area contributed by atoms with E-state index in [1.165, 1.54) is 5.56 Å². The lowest BCUT2D eigenvalue weighted by Gasteiger charge is -2.28. The van der Waals surface area contributed by atoms with E-state index < -0.39 is 12.2 Å². The van der Waals surface area contributed by atoms with Gasteiger partial charge >= 0.3 is 0 Å². The molecule has 0 spiro atoms. The van der Waals surface area contributed by atoms with E-state index in [0.717, 1.165) is 25.7 Å². The molecule has 124 valence electrons. The van der Waals surface area contributed by atoms with Crippen LogP contribution in [0.25, 0.3) is 0 Å². The van der Waals surface area contributed by atoms with Gasteiger partial charge in [-0.1, -0.05) is 50.6 Å². The van der Waals surface area contributed by atoms with Gasteiger partial charge in [0.15, 0.2) is 0 Å². The predicted octanol–water partition coefficient (Wildman–Crippen LogP) is 2.77. The summed E-state index contributed by atoms with van der Waals surface area (Å²) in [5, 5.41) is 30.6. The summed E-state index contributed by atoms with van der Waals surface area (Å²) in [5.74, 6) is 0.419. The Morgan fingerprint density at radius 2 is 1.73 bits per heavy atom. The van der Waals surface area contributed by atoms with Crippen LogP contribution in [0.5, 0.6) is 0 Å². The second-order valence-corrected chi connectivity index (χ2v) is 6.91. The highest BCUT2D eigenvalue weighted by molar-refractivity contribution is 5.14. The molecule has 0 aliphatic heterocycles. The van der Waals surface area contributed by atoms with E-state index in [1.807, 2.05) is 18.2 Å². The van der Waals surface area contributed by atoms with Gasteiger partial charge in [0.05, 0.1) is 18.3 Å². The van der Waals surface area contributed by atoms with Gasteiger partial charge in [-0.3, -0.25) is 0 Å². The molecule has 0 heterocycles. The number of aliphatic hydroxyl groups is 3. The minimum Gasteiger partial charge on any atom is -0.393 e. The summed E-state index contributed by atoms with van der Waals surface area (Å²) in [6, 6.07) is 10.2. The van der Waals surface area contributed by atoms with Crippen molar-refractivity contribution in [2.75, 3.05) is 0 Å². The molecule has 0 radical (unpaired) electrons. The van der Waals surface area contributed by atoms with E-state index in [2.05, 4.69) is 26.0 Å². The highest BCUT2D eigenvalue weighted by atomic mass is 16.3. The Morgan fingerprint density at radius 3 is 2.36 bits per heavy atom. The first-order valence-electron chi connectivity index (χ1n) is 8.61. The fourth-order valence-corrected chi connectivity index (χ4v) is 3.90. The first-order chi connectivity index (χ1) is 10.5. The molecular formula is C19H30O3. The molecule has 1 aliphatic rings. The summed E-state index contributed by atoms with van der Waals surface area (Å²) in [4.78, 5) is 0. The maximum absolute atomic E-state index is 10.4. The van der Waals surface area contributed by atoms with E-state index >= 15 is 0 Å². The monoisotopic (exact) mass is 306 g/mol. The summed E-state index contributed by atoms with van der Waals surface area (Å²) in [6.45, 7) is 4.12. The number of hydrogen-bond acceptors (Lipinski definition) is 3. The summed E-state index contributed by atoms with van der Waals surface area (Å²) >= 11 is 0. The quantitative estimate of drug-likeness (QED) is 0.726. The molecule has 0 saturated heterocycles. The molecule has 22 heavy (non-hydrogen) atoms. The molecule has 1 aromatic carbocycles. The topological polar surface area (TPSA) is 60.7 Å². The Hall–Kier alpha value is -0.900. The van der Waals surface area contributed by atoms with Gasteiger partial charge in [-0.25, -0.2) is 0 Å². The van der Waals surface area contributed by atoms with Crippen LogP contribution in [0.2, 0.25) is 0 Å². The summed E-state index contributed by atoms with van der Waals surface area (Å²) in [7, 11) is 0. The zero-order valence-electron chi connectivity index (χ0n) is 13.7. The van der Waals surface area contributed by atoms with Gasteiger partial charge in [0.1, 0.15) is 0 Å². The largest absolute Gasteiger partial charge is 0.393 e. The number of rotatable bonds is 7. The molecule has 6 unspecified atom stereocenters. The Labute approximate surface area is 134 Å². The Balaban J connectivity index is 1.84. The van der Waals surface area contributed by atoms with Crippen molar-refractivity contribution >= 4 is 0 Å². The van der Waals surface area contributed by atoms with Crippen molar-refractivity contribution in [2.24, 2.45) is 17.8 Å². The Bertz CT molecular complexity index is 434. The van der Waals surface area contributed by atoms with E-state index in [4.69, 9.17) is 0 Å². The van der Waals surface area contributed by atoms with E-state index in [9.17, 15) is 15.3 Å². The van der Waals surface area contributed by atoms with Gasteiger partial charge in [-0.2, -0.15) is 0 Å². The standard InChI is InChI=1S/C19H30O3/c1-3-15-16(19(22)12-18(15)21)11-13(2)17(20)10-9-14-7-5-4-6-8-14/h4-8,13,15-22H,3,9-12H2,1-2H3. The van der Waals surface area contributed by atoms with Crippen LogP contribution in [0, 0.1) is 17.8 Å². The molecule has 1 fully saturated rings. The lowest BCUT2D eigenvalue weighted by atomic mass is 9.81. The second kappa shape index (κ2) is 8.09. The highest BCUT2D eigenvalue weighted by Crippen LogP contribution is 2.39. The van der Waals surface area contributed by atoms with Crippen LogP contribution in [0.3, 0.4) is 0 Å². The van der Waals surface area contributed by atoms with Crippen LogP contribution in [0.1, 0.15) is 45.1 Å². The zero-order valence-corrected chi connectivity index (χ0v) is 13.7. The average molecular weight is 306 g/mol. The smallest absolute Gasteiger partial charge is 0.0596 e. The molecule has 6 atom stereocenters. The van der Waals surface area contributed by atoms with Crippen LogP contribution in [0.4, 0.5) is 0 Å². The molecule has 3 heteroatoms. The molecule has 2 rings (SSSR count). The maximum Gasteiger partial charge on any atom is 0.0596 e. The van der Waals surface area contributed by atoms with Crippen molar-refractivity contribution in [3.8, 4) is 0 Å². The van der Waals surface area contributed by atoms with Gasteiger partial charge in [-0.15, -0.1) is 0 Å². The molecule has 0 bridgehead atoms. The molecule has 1 aromatic rings. The lowest BCUT2D eigenvalue weighted by Crippen LogP contribution is -2.28. The summed E-state index contributed by atoms with van der Waals surface area (Å²) in [6.07, 6.45) is 2.59. The number of benzene rings is 1. The SMILES string of the molecule is CCC1C(O)CC(O)C1CC(C)C(O)CCc1ccccc1. The lowest BCUT2D eigenvalue weighted by molar-refractivity contribution is 0.0512. The van der Waals surface area contributed by atoms with Crippen LogP contribution in [-0.4, -0.2) is 33.6 Å². The minimum absolute atomic E-state index is 0.112. The van der Waals surface area contributed by atoms with Gasteiger partial charge in [-0.05, 0) is 49.0 Å². The summed E-state index contributed by atoms with van der Waals surface area (Å²) < 4.78 is 0. The van der Waals surface area contributed by atoms with Crippen molar-refractivity contribution in [1.29, 1.82) is 0 Å². The molecule has 1 saturated carbocycles. The Kier molecular flexibility index (Phi) is 6.42. The van der Waals surface area contributed by atoms with Crippen LogP contribution in [0.15, 0.2) is 30.3 Å². The fourth-order valence-electron chi connectivity index (χ4n) is 3.90. The van der Waals surface area contributed by atoms with Crippen molar-refractivity contribution in [2.45, 2.75) is 64.3 Å². The van der Waals surface area contributed by atoms with Crippen LogP contribution in [-0.2, 0) is 6.42 Å². The first kappa shape index (κ1) is 17.5. The second-order valence-electron chi connectivity index (χ2n) is 6.91. The molecule has 0 aromatic heterocycles. The van der Waals surface area contributed by atoms with E-state index in [-0.39, 0.29) is 23.9 Å². The molecule has 3 nitrogen and oxygen atoms in total. The van der Waals surface area contributed by atoms with E-state index in [0.29, 0.717) is 6.42 Å². The number of aryl methyl sites for hydroxylation is 1. The van der Waals surface area contributed by atoms with Crippen molar-refractivity contribution in [1.82, 2.24) is 0 Å². The average Bonchev–Trinajstić information content (AvgIpc) is 2.79. The summed E-state index contributed by atoms with van der Waals surface area (Å²) in [5.41, 5.74) is 1.25. The maximum atomic E-state index is 10.4. The molecule has 3 N–H and O–H groups in total. The van der Waals surface area contributed by atoms with Crippen molar-refractivity contribution in [3.63, 3.8) is 0 Å². The number of hydrogen-bond donors (Lipinski definition) is 3. The normalized spacial score (nSPS) is 31.1. The molecule has 1 aliphatic carbocycles. The third-order valence-corrected chi connectivity index (χ3v) is 5.37. The third-order valence-electron chi connectivity index (χ3n) is 5.37. The fraction of sp³-hybridized carbons (Fsp3) is 0.684. The predicted molar refractivity (Wildman–Crippen MR) is 88.5 cm³/mol. The minimum atomic E-state index is -0.427. The van der Waals surface area contributed by atoms with Gasteiger partial charge in [0.2, 0.25) is 0 Å². The van der Waals surface area contributed by atoms with Crippen molar-refractivity contribution in [3.05, 3.63) is 35.9 Å². The van der Waals surface area contributed by atoms with Gasteiger partial charge in [0.25, 0.3) is 0 Å². The third kappa shape index (κ3) is 4.31. The van der Waals surface area contributed by atoms with Crippen LogP contribution >= 0.6 is 0 Å². The van der Waals surface area contributed by atoms with E-state index in [1.54, 1.807) is 0 Å². The van der Waals surface area contributed by atoms with Crippen molar-refractivity contribution < 1.29 is 15.3 Å². The molecule has 0 amide bonds. The first-order valence-corrected chi connectivity index (χ1v) is 8.61.